The molecule has 2 N–H and O–H groups in total. The van der Waals surface area contributed by atoms with Gasteiger partial charge in [-0.2, -0.15) is 0 Å². The molecule has 0 radical (unpaired) electrons. The van der Waals surface area contributed by atoms with Crippen LogP contribution in [-0.2, 0) is 6.54 Å². The van der Waals surface area contributed by atoms with Gasteiger partial charge in [0.1, 0.15) is 0 Å². The molecule has 0 bridgehead atoms. The molecule has 19 heavy (non-hydrogen) atoms. The fraction of sp³-hybridized carbons (Fsp3) is 0.533. The highest BCUT2D eigenvalue weighted by atomic mass is 16.2. The summed E-state index contributed by atoms with van der Waals surface area (Å²) in [6.45, 7) is 3.07. The number of rotatable bonds is 3. The molecule has 1 aromatic carbocycles. The van der Waals surface area contributed by atoms with E-state index in [1.165, 1.54) is 0 Å². The predicted octanol–water partition coefficient (Wildman–Crippen LogP) is 1.91. The second kappa shape index (κ2) is 6.57. The van der Waals surface area contributed by atoms with Crippen LogP contribution in [0.2, 0.25) is 0 Å². The first-order valence-corrected chi connectivity index (χ1v) is 6.94. The number of hydrogen-bond donors (Lipinski definition) is 1. The van der Waals surface area contributed by atoms with Crippen molar-refractivity contribution in [2.45, 2.75) is 19.4 Å². The Bertz CT molecular complexity index is 399. The van der Waals surface area contributed by atoms with Gasteiger partial charge in [0.2, 0.25) is 0 Å². The summed E-state index contributed by atoms with van der Waals surface area (Å²) in [5.74, 6) is 0.587. The fourth-order valence-corrected chi connectivity index (χ4v) is 2.53. The zero-order valence-corrected chi connectivity index (χ0v) is 11.6. The largest absolute Gasteiger partial charge is 0.330 e. The molecule has 1 aliphatic rings. The van der Waals surface area contributed by atoms with Gasteiger partial charge in [0.25, 0.3) is 0 Å². The molecule has 1 aromatic rings. The topological polar surface area (TPSA) is 49.6 Å². The van der Waals surface area contributed by atoms with E-state index in [4.69, 9.17) is 5.73 Å². The molecule has 0 aliphatic carbocycles. The van der Waals surface area contributed by atoms with E-state index in [0.717, 1.165) is 38.0 Å². The summed E-state index contributed by atoms with van der Waals surface area (Å²) in [7, 11) is 1.87. The summed E-state index contributed by atoms with van der Waals surface area (Å²) in [6.07, 6.45) is 2.06. The summed E-state index contributed by atoms with van der Waals surface area (Å²) in [4.78, 5) is 16.0. The highest BCUT2D eigenvalue weighted by Gasteiger charge is 2.23. The lowest BCUT2D eigenvalue weighted by atomic mass is 9.97. The number of likely N-dealkylation sites (tertiary alicyclic amines) is 1. The van der Waals surface area contributed by atoms with Gasteiger partial charge in [-0.15, -0.1) is 0 Å². The maximum atomic E-state index is 12.3. The number of hydrogen-bond acceptors (Lipinski definition) is 2. The van der Waals surface area contributed by atoms with Crippen molar-refractivity contribution in [3.8, 4) is 0 Å². The SMILES string of the molecule is CN(Cc1ccccc1)C(=O)N1CCC(CN)CC1. The first-order chi connectivity index (χ1) is 9.20. The second-order valence-electron chi connectivity index (χ2n) is 5.29. The number of amides is 2. The van der Waals surface area contributed by atoms with Gasteiger partial charge in [0, 0.05) is 26.7 Å². The van der Waals surface area contributed by atoms with Crippen molar-refractivity contribution in [3.05, 3.63) is 35.9 Å². The Morgan fingerprint density at radius 1 is 1.32 bits per heavy atom. The third-order valence-electron chi connectivity index (χ3n) is 3.81. The minimum absolute atomic E-state index is 0.124. The molecule has 1 aliphatic heterocycles. The number of carbonyl (C=O) groups excluding carboxylic acids is 1. The van der Waals surface area contributed by atoms with Gasteiger partial charge in [-0.3, -0.25) is 0 Å². The molecule has 1 fully saturated rings. The zero-order valence-electron chi connectivity index (χ0n) is 11.6. The van der Waals surface area contributed by atoms with E-state index in [2.05, 4.69) is 0 Å². The van der Waals surface area contributed by atoms with Gasteiger partial charge in [-0.05, 0) is 30.9 Å². The molecule has 0 aromatic heterocycles. The predicted molar refractivity (Wildman–Crippen MR) is 76.7 cm³/mol. The molecule has 0 spiro atoms. The Balaban J connectivity index is 1.86. The third kappa shape index (κ3) is 3.70. The van der Waals surface area contributed by atoms with Gasteiger partial charge in [0.15, 0.2) is 0 Å². The summed E-state index contributed by atoms with van der Waals surface area (Å²) in [6, 6.07) is 10.2. The van der Waals surface area contributed by atoms with Crippen LogP contribution in [0.5, 0.6) is 0 Å². The van der Waals surface area contributed by atoms with Crippen molar-refractivity contribution in [2.24, 2.45) is 11.7 Å². The number of urea groups is 1. The smallest absolute Gasteiger partial charge is 0.320 e. The summed E-state index contributed by atoms with van der Waals surface area (Å²) >= 11 is 0. The maximum Gasteiger partial charge on any atom is 0.320 e. The Hall–Kier alpha value is -1.55. The molecule has 104 valence electrons. The van der Waals surface area contributed by atoms with E-state index in [0.29, 0.717) is 12.5 Å². The molecule has 0 unspecified atom stereocenters. The number of piperidine rings is 1. The highest BCUT2D eigenvalue weighted by molar-refractivity contribution is 5.74. The van der Waals surface area contributed by atoms with E-state index in [9.17, 15) is 4.79 Å². The van der Waals surface area contributed by atoms with E-state index in [1.807, 2.05) is 42.3 Å². The molecule has 1 heterocycles. The maximum absolute atomic E-state index is 12.3. The first-order valence-electron chi connectivity index (χ1n) is 6.94. The van der Waals surface area contributed by atoms with E-state index in [1.54, 1.807) is 4.90 Å². The summed E-state index contributed by atoms with van der Waals surface area (Å²) < 4.78 is 0. The minimum atomic E-state index is 0.124. The Kier molecular flexibility index (Phi) is 4.80. The molecule has 2 rings (SSSR count). The molecule has 1 saturated heterocycles. The van der Waals surface area contributed by atoms with Crippen molar-refractivity contribution < 1.29 is 4.79 Å². The van der Waals surface area contributed by atoms with Gasteiger partial charge < -0.3 is 15.5 Å². The highest BCUT2D eigenvalue weighted by Crippen LogP contribution is 2.17. The average molecular weight is 261 g/mol. The molecule has 0 atom stereocenters. The van der Waals surface area contributed by atoms with Crippen LogP contribution >= 0.6 is 0 Å². The Morgan fingerprint density at radius 2 is 1.95 bits per heavy atom. The average Bonchev–Trinajstić information content (AvgIpc) is 2.47. The van der Waals surface area contributed by atoms with Crippen LogP contribution in [0.1, 0.15) is 18.4 Å². The van der Waals surface area contributed by atoms with Crippen molar-refractivity contribution in [1.82, 2.24) is 9.80 Å². The minimum Gasteiger partial charge on any atom is -0.330 e. The molecular formula is C15H23N3O. The van der Waals surface area contributed by atoms with E-state index < -0.39 is 0 Å². The second-order valence-corrected chi connectivity index (χ2v) is 5.29. The normalized spacial score (nSPS) is 16.4. The van der Waals surface area contributed by atoms with Crippen molar-refractivity contribution in [1.29, 1.82) is 0 Å². The van der Waals surface area contributed by atoms with Gasteiger partial charge >= 0.3 is 6.03 Å². The third-order valence-corrected chi connectivity index (χ3v) is 3.81. The van der Waals surface area contributed by atoms with Crippen LogP contribution in [0, 0.1) is 5.92 Å². The standard InChI is InChI=1S/C15H23N3O/c1-17(12-14-5-3-2-4-6-14)15(19)18-9-7-13(11-16)8-10-18/h2-6,13H,7-12,16H2,1H3. The molecule has 4 nitrogen and oxygen atoms in total. The lowest BCUT2D eigenvalue weighted by molar-refractivity contribution is 0.140. The summed E-state index contributed by atoms with van der Waals surface area (Å²) in [5.41, 5.74) is 6.84. The Labute approximate surface area is 115 Å². The van der Waals surface area contributed by atoms with Crippen LogP contribution < -0.4 is 5.73 Å². The number of nitrogens with zero attached hydrogens (tertiary/aromatic N) is 2. The van der Waals surface area contributed by atoms with Crippen LogP contribution in [0.3, 0.4) is 0 Å². The number of nitrogens with two attached hydrogens (primary N) is 1. The van der Waals surface area contributed by atoms with Gasteiger partial charge in [-0.25, -0.2) is 4.79 Å². The zero-order chi connectivity index (χ0) is 13.7. The van der Waals surface area contributed by atoms with Crippen molar-refractivity contribution >= 4 is 6.03 Å². The van der Waals surface area contributed by atoms with E-state index in [-0.39, 0.29) is 6.03 Å². The lowest BCUT2D eigenvalue weighted by Gasteiger charge is -2.34. The van der Waals surface area contributed by atoms with E-state index >= 15 is 0 Å². The Morgan fingerprint density at radius 3 is 2.53 bits per heavy atom. The van der Waals surface area contributed by atoms with Crippen LogP contribution in [0.4, 0.5) is 4.79 Å². The van der Waals surface area contributed by atoms with Crippen LogP contribution in [0.15, 0.2) is 30.3 Å². The molecule has 0 saturated carbocycles. The quantitative estimate of drug-likeness (QED) is 0.903. The summed E-state index contributed by atoms with van der Waals surface area (Å²) in [5, 5.41) is 0. The van der Waals surface area contributed by atoms with Crippen LogP contribution in [-0.4, -0.2) is 42.5 Å². The van der Waals surface area contributed by atoms with Crippen molar-refractivity contribution in [2.75, 3.05) is 26.7 Å². The molecule has 2 amide bonds. The number of carbonyl (C=O) groups is 1. The monoisotopic (exact) mass is 261 g/mol. The lowest BCUT2D eigenvalue weighted by Crippen LogP contribution is -2.45. The van der Waals surface area contributed by atoms with Crippen molar-refractivity contribution in [3.63, 3.8) is 0 Å². The first kappa shape index (κ1) is 13.9. The molecule has 4 heteroatoms. The van der Waals surface area contributed by atoms with Gasteiger partial charge in [-0.1, -0.05) is 30.3 Å². The van der Waals surface area contributed by atoms with Crippen LogP contribution in [0.25, 0.3) is 0 Å². The molecular weight excluding hydrogens is 238 g/mol. The van der Waals surface area contributed by atoms with Gasteiger partial charge in [0.05, 0.1) is 0 Å². The fourth-order valence-electron chi connectivity index (χ4n) is 2.53. The number of benzene rings is 1.